The zero-order chi connectivity index (χ0) is 21.5. The van der Waals surface area contributed by atoms with Crippen LogP contribution in [0.3, 0.4) is 0 Å². The Morgan fingerprint density at radius 2 is 1.83 bits per heavy atom. The number of benzene rings is 3. The third-order valence-electron chi connectivity index (χ3n) is 4.10. The van der Waals surface area contributed by atoms with Gasteiger partial charge >= 0.3 is 0 Å². The number of carbonyl (C=O) groups is 1. The maximum Gasteiger partial charge on any atom is 0.266 e. The third kappa shape index (κ3) is 5.38. The Morgan fingerprint density at radius 3 is 2.57 bits per heavy atom. The first-order chi connectivity index (χ1) is 14.5. The molecule has 7 heteroatoms. The molecule has 0 heterocycles. The molecule has 0 aromatic heterocycles. The lowest BCUT2D eigenvalue weighted by Gasteiger charge is -2.11. The molecular weight excluding hydrogens is 426 g/mol. The lowest BCUT2D eigenvalue weighted by atomic mass is 10.1. The molecule has 30 heavy (non-hydrogen) atoms. The van der Waals surface area contributed by atoms with Crippen LogP contribution in [-0.4, -0.2) is 5.91 Å². The van der Waals surface area contributed by atoms with E-state index in [0.29, 0.717) is 32.6 Å². The van der Waals surface area contributed by atoms with Crippen molar-refractivity contribution in [3.05, 3.63) is 99.3 Å². The van der Waals surface area contributed by atoms with Crippen LogP contribution in [0.4, 0.5) is 10.1 Å². The van der Waals surface area contributed by atoms with Gasteiger partial charge in [0.05, 0.1) is 10.7 Å². The van der Waals surface area contributed by atoms with Crippen molar-refractivity contribution in [1.29, 1.82) is 5.26 Å². The SMILES string of the molecule is N#C/C(=C\c1cc(Cl)ccc1OCc1ccccc1F)C(=O)Nc1ccccc1Cl. The number of amides is 1. The van der Waals surface area contributed by atoms with E-state index < -0.39 is 5.91 Å². The lowest BCUT2D eigenvalue weighted by Crippen LogP contribution is -2.13. The van der Waals surface area contributed by atoms with Gasteiger partial charge in [-0.3, -0.25) is 4.79 Å². The molecule has 150 valence electrons. The maximum atomic E-state index is 13.8. The largest absolute Gasteiger partial charge is 0.488 e. The molecule has 3 aromatic rings. The Kier molecular flexibility index (Phi) is 7.08. The van der Waals surface area contributed by atoms with Gasteiger partial charge in [-0.05, 0) is 42.5 Å². The summed E-state index contributed by atoms with van der Waals surface area (Å²) < 4.78 is 19.6. The molecule has 0 aliphatic carbocycles. The first-order valence-electron chi connectivity index (χ1n) is 8.81. The number of halogens is 3. The Morgan fingerprint density at radius 1 is 1.10 bits per heavy atom. The van der Waals surface area contributed by atoms with E-state index in [1.807, 2.05) is 6.07 Å². The van der Waals surface area contributed by atoms with E-state index >= 15 is 0 Å². The van der Waals surface area contributed by atoms with Crippen LogP contribution in [0.25, 0.3) is 6.08 Å². The quantitative estimate of drug-likeness (QED) is 0.363. The Hall–Kier alpha value is -3.33. The molecule has 0 fully saturated rings. The third-order valence-corrected chi connectivity index (χ3v) is 4.66. The highest BCUT2D eigenvalue weighted by molar-refractivity contribution is 6.34. The van der Waals surface area contributed by atoms with Gasteiger partial charge in [0, 0.05) is 16.1 Å². The predicted molar refractivity (Wildman–Crippen MR) is 116 cm³/mol. The van der Waals surface area contributed by atoms with Crippen molar-refractivity contribution >= 4 is 40.9 Å². The molecule has 0 saturated heterocycles. The molecule has 0 aliphatic heterocycles. The number of hydrogen-bond donors (Lipinski definition) is 1. The van der Waals surface area contributed by atoms with Crippen LogP contribution in [-0.2, 0) is 11.4 Å². The zero-order valence-electron chi connectivity index (χ0n) is 15.5. The van der Waals surface area contributed by atoms with Crippen molar-refractivity contribution < 1.29 is 13.9 Å². The second-order valence-electron chi connectivity index (χ2n) is 6.17. The van der Waals surface area contributed by atoms with Gasteiger partial charge in [0.2, 0.25) is 0 Å². The highest BCUT2D eigenvalue weighted by Gasteiger charge is 2.13. The second-order valence-corrected chi connectivity index (χ2v) is 7.01. The van der Waals surface area contributed by atoms with Crippen LogP contribution in [0.5, 0.6) is 5.75 Å². The molecular formula is C23H15Cl2FN2O2. The van der Waals surface area contributed by atoms with Crippen LogP contribution >= 0.6 is 23.2 Å². The summed E-state index contributed by atoms with van der Waals surface area (Å²) in [5.41, 5.74) is 0.990. The highest BCUT2D eigenvalue weighted by atomic mass is 35.5. The average molecular weight is 441 g/mol. The molecule has 0 radical (unpaired) electrons. The fraction of sp³-hybridized carbons (Fsp3) is 0.0435. The summed E-state index contributed by atoms with van der Waals surface area (Å²) in [6.45, 7) is -0.0249. The second kappa shape index (κ2) is 9.93. The summed E-state index contributed by atoms with van der Waals surface area (Å²) in [5, 5.41) is 12.8. The fourth-order valence-electron chi connectivity index (χ4n) is 2.59. The number of hydrogen-bond acceptors (Lipinski definition) is 3. The predicted octanol–water partition coefficient (Wildman–Crippen LogP) is 6.26. The Bertz CT molecular complexity index is 1160. The topological polar surface area (TPSA) is 62.1 Å². The summed E-state index contributed by atoms with van der Waals surface area (Å²) in [6.07, 6.45) is 1.36. The molecule has 0 bridgehead atoms. The Labute approximate surface area is 183 Å². The molecule has 1 N–H and O–H groups in total. The number of nitrogens with one attached hydrogen (secondary N) is 1. The number of nitriles is 1. The standard InChI is InChI=1S/C23H15Cl2FN2O2/c24-18-9-10-22(30-14-15-5-1-3-7-20(15)26)16(12-18)11-17(13-27)23(29)28-21-8-4-2-6-19(21)25/h1-12H,14H2,(H,28,29)/b17-11+. The molecule has 0 atom stereocenters. The van der Waals surface area contributed by atoms with E-state index in [0.717, 1.165) is 0 Å². The van der Waals surface area contributed by atoms with Crippen LogP contribution < -0.4 is 10.1 Å². The van der Waals surface area contributed by atoms with Crippen molar-refractivity contribution in [3.8, 4) is 11.8 Å². The number of carbonyl (C=O) groups excluding carboxylic acids is 1. The molecule has 3 rings (SSSR count). The van der Waals surface area contributed by atoms with Crippen molar-refractivity contribution in [2.24, 2.45) is 0 Å². The number of rotatable bonds is 6. The van der Waals surface area contributed by atoms with Crippen molar-refractivity contribution in [2.45, 2.75) is 6.61 Å². The fourth-order valence-corrected chi connectivity index (χ4v) is 2.95. The van der Waals surface area contributed by atoms with Gasteiger partial charge in [-0.1, -0.05) is 53.5 Å². The van der Waals surface area contributed by atoms with Crippen molar-refractivity contribution in [2.75, 3.05) is 5.32 Å². The van der Waals surface area contributed by atoms with Crippen molar-refractivity contribution in [1.82, 2.24) is 0 Å². The van der Waals surface area contributed by atoms with E-state index in [9.17, 15) is 14.4 Å². The minimum atomic E-state index is -0.634. The average Bonchev–Trinajstić information content (AvgIpc) is 2.74. The van der Waals surface area contributed by atoms with Gasteiger partial charge in [0.15, 0.2) is 0 Å². The maximum absolute atomic E-state index is 13.8. The summed E-state index contributed by atoms with van der Waals surface area (Å²) in [4.78, 5) is 12.5. The summed E-state index contributed by atoms with van der Waals surface area (Å²) in [7, 11) is 0. The monoisotopic (exact) mass is 440 g/mol. The van der Waals surface area contributed by atoms with Crippen LogP contribution in [0.1, 0.15) is 11.1 Å². The van der Waals surface area contributed by atoms with E-state index in [1.54, 1.807) is 60.7 Å². The number of anilines is 1. The number of nitrogens with zero attached hydrogens (tertiary/aromatic N) is 1. The zero-order valence-corrected chi connectivity index (χ0v) is 17.0. The molecule has 0 aliphatic rings. The summed E-state index contributed by atoms with van der Waals surface area (Å²) in [5.74, 6) is -0.674. The van der Waals surface area contributed by atoms with Gasteiger partial charge in [0.1, 0.15) is 29.8 Å². The number of ether oxygens (including phenoxy) is 1. The number of para-hydroxylation sites is 1. The van der Waals surface area contributed by atoms with Crippen LogP contribution in [0, 0.1) is 17.1 Å². The molecule has 0 spiro atoms. The first-order valence-corrected chi connectivity index (χ1v) is 9.57. The van der Waals surface area contributed by atoms with E-state index in [4.69, 9.17) is 27.9 Å². The van der Waals surface area contributed by atoms with Gasteiger partial charge in [-0.25, -0.2) is 4.39 Å². The summed E-state index contributed by atoms with van der Waals surface area (Å²) >= 11 is 12.1. The summed E-state index contributed by atoms with van der Waals surface area (Å²) in [6, 6.07) is 19.5. The molecule has 3 aromatic carbocycles. The van der Waals surface area contributed by atoms with Crippen molar-refractivity contribution in [3.63, 3.8) is 0 Å². The minimum absolute atomic E-state index is 0.0249. The lowest BCUT2D eigenvalue weighted by molar-refractivity contribution is -0.112. The molecule has 1 amide bonds. The van der Waals surface area contributed by atoms with Crippen LogP contribution in [0.2, 0.25) is 10.0 Å². The first kappa shape index (κ1) is 21.4. The minimum Gasteiger partial charge on any atom is -0.488 e. The van der Waals surface area contributed by atoms with E-state index in [2.05, 4.69) is 5.32 Å². The van der Waals surface area contributed by atoms with Crippen LogP contribution in [0.15, 0.2) is 72.3 Å². The molecule has 4 nitrogen and oxygen atoms in total. The van der Waals surface area contributed by atoms with E-state index in [1.165, 1.54) is 12.1 Å². The highest BCUT2D eigenvalue weighted by Crippen LogP contribution is 2.27. The van der Waals surface area contributed by atoms with E-state index in [-0.39, 0.29) is 18.0 Å². The van der Waals surface area contributed by atoms with Gasteiger partial charge in [-0.2, -0.15) is 5.26 Å². The Balaban J connectivity index is 1.86. The van der Waals surface area contributed by atoms with Gasteiger partial charge < -0.3 is 10.1 Å². The molecule has 0 unspecified atom stereocenters. The normalized spacial score (nSPS) is 10.9. The smallest absolute Gasteiger partial charge is 0.266 e. The molecule has 0 saturated carbocycles. The van der Waals surface area contributed by atoms with Gasteiger partial charge in [0.25, 0.3) is 5.91 Å². The van der Waals surface area contributed by atoms with Gasteiger partial charge in [-0.15, -0.1) is 0 Å².